The van der Waals surface area contributed by atoms with Crippen molar-refractivity contribution in [1.82, 2.24) is 9.97 Å². The zero-order valence-corrected chi connectivity index (χ0v) is 11.5. The van der Waals surface area contributed by atoms with Crippen molar-refractivity contribution in [2.75, 3.05) is 25.1 Å². The number of aliphatic hydroxyl groups is 1. The Morgan fingerprint density at radius 2 is 1.83 bits per heavy atom. The van der Waals surface area contributed by atoms with Gasteiger partial charge in [0.2, 0.25) is 5.95 Å². The molecular weight excluding hydrogens is 230 g/mol. The van der Waals surface area contributed by atoms with E-state index in [1.807, 2.05) is 13.8 Å². The van der Waals surface area contributed by atoms with Gasteiger partial charge in [-0.25, -0.2) is 9.97 Å². The third-order valence-corrected chi connectivity index (χ3v) is 2.75. The van der Waals surface area contributed by atoms with Crippen molar-refractivity contribution in [1.29, 1.82) is 0 Å². The van der Waals surface area contributed by atoms with Gasteiger partial charge >= 0.3 is 0 Å². The number of aliphatic hydroxyl groups excluding tert-OH is 1. The van der Waals surface area contributed by atoms with Crippen LogP contribution in [-0.4, -0.2) is 41.4 Å². The standard InChI is InChI=1S/C11H17N3O2.C2H6/c1-16-8-9-6-12-11(13-7-9)14-4-2-10(15)3-5-14;1-2/h6-7,10,15H,2-5,8H2,1H3;1-2H3. The lowest BCUT2D eigenvalue weighted by Gasteiger charge is -2.29. The number of anilines is 1. The average molecular weight is 253 g/mol. The number of methoxy groups -OCH3 is 1. The van der Waals surface area contributed by atoms with Crippen molar-refractivity contribution < 1.29 is 9.84 Å². The van der Waals surface area contributed by atoms with Crippen LogP contribution >= 0.6 is 0 Å². The van der Waals surface area contributed by atoms with Gasteiger partial charge in [-0.05, 0) is 12.8 Å². The molecule has 1 N–H and O–H groups in total. The Morgan fingerprint density at radius 3 is 2.33 bits per heavy atom. The van der Waals surface area contributed by atoms with Crippen molar-refractivity contribution in [3.8, 4) is 0 Å². The molecule has 18 heavy (non-hydrogen) atoms. The van der Waals surface area contributed by atoms with Gasteiger partial charge in [-0.3, -0.25) is 0 Å². The van der Waals surface area contributed by atoms with E-state index in [0.29, 0.717) is 6.61 Å². The maximum absolute atomic E-state index is 9.40. The molecule has 2 heterocycles. The number of aromatic nitrogens is 2. The number of hydrogen-bond donors (Lipinski definition) is 1. The molecule has 1 aliphatic heterocycles. The molecule has 5 heteroatoms. The quantitative estimate of drug-likeness (QED) is 0.887. The lowest BCUT2D eigenvalue weighted by Crippen LogP contribution is -2.36. The normalized spacial score (nSPS) is 16.1. The SMILES string of the molecule is CC.COCc1cnc(N2CCC(O)CC2)nc1. The predicted molar refractivity (Wildman–Crippen MR) is 71.5 cm³/mol. The third kappa shape index (κ3) is 4.23. The van der Waals surface area contributed by atoms with Crippen LogP contribution in [0.1, 0.15) is 32.3 Å². The summed E-state index contributed by atoms with van der Waals surface area (Å²) in [5, 5.41) is 9.40. The molecule has 1 aromatic heterocycles. The highest BCUT2D eigenvalue weighted by Gasteiger charge is 2.18. The molecule has 1 aromatic rings. The van der Waals surface area contributed by atoms with E-state index in [-0.39, 0.29) is 6.10 Å². The fourth-order valence-electron chi connectivity index (χ4n) is 1.82. The van der Waals surface area contributed by atoms with Crippen LogP contribution in [0.2, 0.25) is 0 Å². The summed E-state index contributed by atoms with van der Waals surface area (Å²) in [4.78, 5) is 10.7. The summed E-state index contributed by atoms with van der Waals surface area (Å²) in [5.41, 5.74) is 0.975. The second-order valence-corrected chi connectivity index (χ2v) is 4.04. The number of ether oxygens (including phenoxy) is 1. The first-order valence-corrected chi connectivity index (χ1v) is 6.52. The molecule has 0 aliphatic carbocycles. The molecule has 1 saturated heterocycles. The van der Waals surface area contributed by atoms with Crippen LogP contribution in [0, 0.1) is 0 Å². The lowest BCUT2D eigenvalue weighted by molar-refractivity contribution is 0.145. The average Bonchev–Trinajstić information content (AvgIpc) is 2.43. The van der Waals surface area contributed by atoms with E-state index >= 15 is 0 Å². The number of nitrogens with zero attached hydrogens (tertiary/aromatic N) is 3. The highest BCUT2D eigenvalue weighted by molar-refractivity contribution is 5.30. The first-order chi connectivity index (χ1) is 8.79. The summed E-state index contributed by atoms with van der Waals surface area (Å²) in [7, 11) is 1.65. The van der Waals surface area contributed by atoms with Crippen LogP contribution < -0.4 is 4.90 Å². The van der Waals surface area contributed by atoms with Crippen molar-refractivity contribution in [2.45, 2.75) is 39.4 Å². The molecule has 0 spiro atoms. The molecule has 0 aromatic carbocycles. The van der Waals surface area contributed by atoms with Gasteiger partial charge in [-0.2, -0.15) is 0 Å². The minimum atomic E-state index is -0.163. The highest BCUT2D eigenvalue weighted by atomic mass is 16.5. The van der Waals surface area contributed by atoms with Crippen LogP contribution in [-0.2, 0) is 11.3 Å². The zero-order valence-electron chi connectivity index (χ0n) is 11.5. The van der Waals surface area contributed by atoms with Gasteiger partial charge in [0.1, 0.15) is 0 Å². The topological polar surface area (TPSA) is 58.5 Å². The largest absolute Gasteiger partial charge is 0.393 e. The van der Waals surface area contributed by atoms with Crippen molar-refractivity contribution in [2.24, 2.45) is 0 Å². The van der Waals surface area contributed by atoms with Crippen LogP contribution in [0.15, 0.2) is 12.4 Å². The molecule has 0 unspecified atom stereocenters. The Kier molecular flexibility index (Phi) is 6.60. The summed E-state index contributed by atoms with van der Waals surface area (Å²) in [6.07, 6.45) is 5.00. The summed E-state index contributed by atoms with van der Waals surface area (Å²) in [6.45, 7) is 6.19. The van der Waals surface area contributed by atoms with E-state index in [2.05, 4.69) is 14.9 Å². The lowest BCUT2D eigenvalue weighted by atomic mass is 10.1. The molecule has 5 nitrogen and oxygen atoms in total. The van der Waals surface area contributed by atoms with Gasteiger partial charge in [0.25, 0.3) is 0 Å². The summed E-state index contributed by atoms with van der Waals surface area (Å²) < 4.78 is 5.00. The molecule has 0 bridgehead atoms. The highest BCUT2D eigenvalue weighted by Crippen LogP contribution is 2.15. The molecule has 1 fully saturated rings. The Labute approximate surface area is 109 Å². The van der Waals surface area contributed by atoms with Crippen LogP contribution in [0.3, 0.4) is 0 Å². The molecule has 0 amide bonds. The Balaban J connectivity index is 0.000000771. The van der Waals surface area contributed by atoms with Gasteiger partial charge in [-0.1, -0.05) is 13.8 Å². The van der Waals surface area contributed by atoms with Crippen molar-refractivity contribution in [3.63, 3.8) is 0 Å². The van der Waals surface area contributed by atoms with Gasteiger partial charge in [0.15, 0.2) is 0 Å². The third-order valence-electron chi connectivity index (χ3n) is 2.75. The molecular formula is C13H23N3O2. The first kappa shape index (κ1) is 14.9. The smallest absolute Gasteiger partial charge is 0.225 e. The second-order valence-electron chi connectivity index (χ2n) is 4.04. The molecule has 0 radical (unpaired) electrons. The number of hydrogen-bond acceptors (Lipinski definition) is 5. The molecule has 102 valence electrons. The van der Waals surface area contributed by atoms with Crippen LogP contribution in [0.5, 0.6) is 0 Å². The Hall–Kier alpha value is -1.20. The van der Waals surface area contributed by atoms with Gasteiger partial charge in [0, 0.05) is 38.2 Å². The van der Waals surface area contributed by atoms with Crippen LogP contribution in [0.25, 0.3) is 0 Å². The predicted octanol–water partition coefficient (Wildman–Crippen LogP) is 1.61. The maximum atomic E-state index is 9.40. The van der Waals surface area contributed by atoms with E-state index in [9.17, 15) is 5.11 Å². The fraction of sp³-hybridized carbons (Fsp3) is 0.692. The Morgan fingerprint density at radius 1 is 1.28 bits per heavy atom. The minimum Gasteiger partial charge on any atom is -0.393 e. The van der Waals surface area contributed by atoms with Crippen molar-refractivity contribution >= 4 is 5.95 Å². The maximum Gasteiger partial charge on any atom is 0.225 e. The van der Waals surface area contributed by atoms with E-state index in [0.717, 1.165) is 37.4 Å². The van der Waals surface area contributed by atoms with Gasteiger partial charge < -0.3 is 14.7 Å². The monoisotopic (exact) mass is 253 g/mol. The number of rotatable bonds is 3. The van der Waals surface area contributed by atoms with Gasteiger partial charge in [-0.15, -0.1) is 0 Å². The zero-order chi connectivity index (χ0) is 13.4. The second kappa shape index (κ2) is 8.00. The molecule has 0 atom stereocenters. The van der Waals surface area contributed by atoms with E-state index in [1.165, 1.54) is 0 Å². The minimum absolute atomic E-state index is 0.163. The molecule has 2 rings (SSSR count). The summed E-state index contributed by atoms with van der Waals surface area (Å²) in [5.74, 6) is 0.742. The molecule has 0 saturated carbocycles. The fourth-order valence-corrected chi connectivity index (χ4v) is 1.82. The number of piperidine rings is 1. The Bertz CT molecular complexity index is 322. The van der Waals surface area contributed by atoms with Gasteiger partial charge in [0.05, 0.1) is 12.7 Å². The summed E-state index contributed by atoms with van der Waals surface area (Å²) in [6, 6.07) is 0. The molecule has 1 aliphatic rings. The summed E-state index contributed by atoms with van der Waals surface area (Å²) >= 11 is 0. The first-order valence-electron chi connectivity index (χ1n) is 6.52. The van der Waals surface area contributed by atoms with E-state index in [1.54, 1.807) is 19.5 Å². The van der Waals surface area contributed by atoms with Crippen molar-refractivity contribution in [3.05, 3.63) is 18.0 Å². The van der Waals surface area contributed by atoms with E-state index in [4.69, 9.17) is 4.74 Å². The van der Waals surface area contributed by atoms with Crippen LogP contribution in [0.4, 0.5) is 5.95 Å². The van der Waals surface area contributed by atoms with E-state index < -0.39 is 0 Å².